The van der Waals surface area contributed by atoms with Gasteiger partial charge in [-0.25, -0.2) is 9.78 Å². The molecule has 55 heavy (non-hydrogen) atoms. The molecule has 2 N–H and O–H groups in total. The Kier molecular flexibility index (Phi) is 9.47. The molecule has 3 fully saturated rings. The Hall–Kier alpha value is -5.86. The van der Waals surface area contributed by atoms with Gasteiger partial charge in [0.2, 0.25) is 11.8 Å². The summed E-state index contributed by atoms with van der Waals surface area (Å²) >= 11 is 0. The van der Waals surface area contributed by atoms with E-state index in [1.54, 1.807) is 29.3 Å². The van der Waals surface area contributed by atoms with Gasteiger partial charge in [0.05, 0.1) is 46.3 Å². The molecule has 5 amide bonds. The molecular formula is C40H45N9O6. The summed E-state index contributed by atoms with van der Waals surface area (Å²) in [6.45, 7) is 8.95. The van der Waals surface area contributed by atoms with Crippen molar-refractivity contribution in [3.63, 3.8) is 0 Å². The van der Waals surface area contributed by atoms with Crippen molar-refractivity contribution in [3.05, 3.63) is 66.1 Å². The lowest BCUT2D eigenvalue weighted by Crippen LogP contribution is -2.54. The Morgan fingerprint density at radius 2 is 1.73 bits per heavy atom. The van der Waals surface area contributed by atoms with Crippen molar-refractivity contribution in [3.8, 4) is 11.3 Å². The Morgan fingerprint density at radius 3 is 2.49 bits per heavy atom. The summed E-state index contributed by atoms with van der Waals surface area (Å²) in [5, 5.41) is 10.3. The number of nitrogens with one attached hydrogen (secondary N) is 2. The third-order valence-electron chi connectivity index (χ3n) is 10.9. The van der Waals surface area contributed by atoms with E-state index in [-0.39, 0.29) is 30.1 Å². The molecule has 1 saturated carbocycles. The molecular weight excluding hydrogens is 702 g/mol. The minimum atomic E-state index is -0.976. The second kappa shape index (κ2) is 14.4. The summed E-state index contributed by atoms with van der Waals surface area (Å²) in [5.41, 5.74) is 5.14. The highest BCUT2D eigenvalue weighted by atomic mass is 16.6. The number of carbonyl (C=O) groups excluding carboxylic acids is 5. The number of aromatic nitrogens is 4. The second-order valence-corrected chi connectivity index (χ2v) is 15.9. The summed E-state index contributed by atoms with van der Waals surface area (Å²) in [5.74, 6) is -1.44. The van der Waals surface area contributed by atoms with Gasteiger partial charge in [-0.3, -0.25) is 39.1 Å². The van der Waals surface area contributed by atoms with Crippen LogP contribution in [0.25, 0.3) is 22.3 Å². The van der Waals surface area contributed by atoms with Gasteiger partial charge >= 0.3 is 6.09 Å². The molecule has 0 spiro atoms. The Bertz CT molecular complexity index is 2180. The first-order valence-electron chi connectivity index (χ1n) is 19.0. The van der Waals surface area contributed by atoms with Gasteiger partial charge in [0.25, 0.3) is 11.8 Å². The summed E-state index contributed by atoms with van der Waals surface area (Å²) in [6, 6.07) is 10.5. The molecule has 2 aromatic heterocycles. The molecule has 8 rings (SSSR count). The first-order valence-corrected chi connectivity index (χ1v) is 19.0. The fourth-order valence-electron chi connectivity index (χ4n) is 7.84. The Labute approximate surface area is 318 Å². The lowest BCUT2D eigenvalue weighted by molar-refractivity contribution is -0.136. The van der Waals surface area contributed by atoms with Crippen molar-refractivity contribution >= 4 is 52.1 Å². The number of piperidine rings is 1. The highest BCUT2D eigenvalue weighted by Gasteiger charge is 2.44. The largest absolute Gasteiger partial charge is 0.444 e. The normalized spacial score (nSPS) is 21.4. The molecule has 4 aliphatic rings. The number of carbonyl (C=O) groups is 5. The van der Waals surface area contributed by atoms with Crippen LogP contribution in [0.2, 0.25) is 0 Å². The lowest BCUT2D eigenvalue weighted by Gasteiger charge is -2.36. The monoisotopic (exact) mass is 747 g/mol. The van der Waals surface area contributed by atoms with Crippen molar-refractivity contribution in [2.24, 2.45) is 5.92 Å². The number of imide groups is 2. The fraction of sp³-hybridized carbons (Fsp3) is 0.450. The molecule has 0 radical (unpaired) electrons. The van der Waals surface area contributed by atoms with E-state index in [2.05, 4.69) is 43.9 Å². The van der Waals surface area contributed by atoms with Crippen LogP contribution in [0.3, 0.4) is 0 Å². The molecule has 0 bridgehead atoms. The number of rotatable bonds is 9. The standard InChI is InChI=1S/C40H45N9O6/c1-40(2,3)55-39(54)47-15-13-46(14-16-47)27-7-9-31-32(20-27)44-33(22-42-31)25-21-43-48(23-25)28-17-24(18-28)5-4-12-41-26-6-8-29-30(19-26)38(53)49(37(29)52)34-10-11-35(50)45-36(34)51/h6-9,19-24,28,34,41H,4-5,10-18H2,1-3H3,(H,45,50,51). The smallest absolute Gasteiger partial charge is 0.410 e. The van der Waals surface area contributed by atoms with Crippen LogP contribution in [-0.4, -0.2) is 104 Å². The molecule has 5 heterocycles. The van der Waals surface area contributed by atoms with Crippen LogP contribution >= 0.6 is 0 Å². The van der Waals surface area contributed by atoms with Gasteiger partial charge in [0, 0.05) is 62.3 Å². The third kappa shape index (κ3) is 7.47. The average molecular weight is 748 g/mol. The number of hydrogen-bond donors (Lipinski definition) is 2. The zero-order valence-corrected chi connectivity index (χ0v) is 31.3. The number of ether oxygens (including phenoxy) is 1. The van der Waals surface area contributed by atoms with E-state index in [0.717, 1.165) is 70.8 Å². The number of piperazine rings is 1. The van der Waals surface area contributed by atoms with E-state index in [1.165, 1.54) is 0 Å². The predicted molar refractivity (Wildman–Crippen MR) is 203 cm³/mol. The first-order chi connectivity index (χ1) is 26.4. The lowest BCUT2D eigenvalue weighted by atomic mass is 9.77. The molecule has 1 aliphatic carbocycles. The number of nitrogens with zero attached hydrogens (tertiary/aromatic N) is 7. The van der Waals surface area contributed by atoms with Crippen molar-refractivity contribution in [2.75, 3.05) is 42.9 Å². The summed E-state index contributed by atoms with van der Waals surface area (Å²) < 4.78 is 7.58. The first kappa shape index (κ1) is 36.1. The van der Waals surface area contributed by atoms with Crippen molar-refractivity contribution in [1.82, 2.24) is 34.9 Å². The molecule has 1 unspecified atom stereocenters. The van der Waals surface area contributed by atoms with Crippen LogP contribution in [0.15, 0.2) is 55.0 Å². The van der Waals surface area contributed by atoms with Crippen LogP contribution in [0.4, 0.5) is 16.2 Å². The van der Waals surface area contributed by atoms with E-state index in [0.29, 0.717) is 38.1 Å². The average Bonchev–Trinajstić information content (AvgIpc) is 3.72. The molecule has 2 saturated heterocycles. The van der Waals surface area contributed by atoms with Crippen LogP contribution in [0, 0.1) is 5.92 Å². The van der Waals surface area contributed by atoms with Crippen LogP contribution in [0.5, 0.6) is 0 Å². The van der Waals surface area contributed by atoms with E-state index in [4.69, 9.17) is 9.72 Å². The number of benzene rings is 2. The predicted octanol–water partition coefficient (Wildman–Crippen LogP) is 4.80. The van der Waals surface area contributed by atoms with Gasteiger partial charge in [0.1, 0.15) is 11.6 Å². The second-order valence-electron chi connectivity index (χ2n) is 15.9. The van der Waals surface area contributed by atoms with E-state index >= 15 is 0 Å². The molecule has 3 aliphatic heterocycles. The van der Waals surface area contributed by atoms with Crippen LogP contribution in [0.1, 0.15) is 86.1 Å². The highest BCUT2D eigenvalue weighted by Crippen LogP contribution is 2.40. The summed E-state index contributed by atoms with van der Waals surface area (Å²) in [6.07, 6.45) is 9.73. The highest BCUT2D eigenvalue weighted by molar-refractivity contribution is 6.23. The summed E-state index contributed by atoms with van der Waals surface area (Å²) in [4.78, 5) is 77.1. The molecule has 15 heteroatoms. The molecule has 2 aromatic carbocycles. The van der Waals surface area contributed by atoms with Gasteiger partial charge in [-0.05, 0) is 95.2 Å². The molecule has 15 nitrogen and oxygen atoms in total. The Balaban J connectivity index is 0.803. The minimum absolute atomic E-state index is 0.0877. The zero-order chi connectivity index (χ0) is 38.4. The van der Waals surface area contributed by atoms with Crippen LogP contribution < -0.4 is 15.5 Å². The van der Waals surface area contributed by atoms with Gasteiger partial charge in [-0.2, -0.15) is 5.10 Å². The van der Waals surface area contributed by atoms with Crippen molar-refractivity contribution in [2.45, 2.75) is 77.0 Å². The fourth-order valence-corrected chi connectivity index (χ4v) is 7.84. The number of hydrogen-bond acceptors (Lipinski definition) is 11. The van der Waals surface area contributed by atoms with Crippen LogP contribution in [-0.2, 0) is 14.3 Å². The van der Waals surface area contributed by atoms with Gasteiger partial charge in [-0.1, -0.05) is 0 Å². The van der Waals surface area contributed by atoms with Crippen molar-refractivity contribution < 1.29 is 28.7 Å². The number of anilines is 2. The maximum absolute atomic E-state index is 13.1. The Morgan fingerprint density at radius 1 is 0.945 bits per heavy atom. The topological polar surface area (TPSA) is 172 Å². The number of fused-ring (bicyclic) bond motifs is 2. The quantitative estimate of drug-likeness (QED) is 0.178. The van der Waals surface area contributed by atoms with E-state index in [1.807, 2.05) is 37.7 Å². The van der Waals surface area contributed by atoms with Gasteiger partial charge in [0.15, 0.2) is 0 Å². The zero-order valence-electron chi connectivity index (χ0n) is 31.3. The maximum atomic E-state index is 13.1. The maximum Gasteiger partial charge on any atom is 0.410 e. The minimum Gasteiger partial charge on any atom is -0.444 e. The molecule has 1 atom stereocenters. The molecule has 4 aromatic rings. The van der Waals surface area contributed by atoms with Gasteiger partial charge < -0.3 is 19.9 Å². The van der Waals surface area contributed by atoms with Gasteiger partial charge in [-0.15, -0.1) is 0 Å². The third-order valence-corrected chi connectivity index (χ3v) is 10.9. The van der Waals surface area contributed by atoms with E-state index < -0.39 is 35.3 Å². The van der Waals surface area contributed by atoms with Crippen molar-refractivity contribution in [1.29, 1.82) is 0 Å². The van der Waals surface area contributed by atoms with E-state index in [9.17, 15) is 24.0 Å². The summed E-state index contributed by atoms with van der Waals surface area (Å²) in [7, 11) is 0. The SMILES string of the molecule is CC(C)(C)OC(=O)N1CCN(c2ccc3ncc(-c4cnn(C5CC(CCCNc6ccc7c(c6)C(=O)N(C6CCC(=O)NC6=O)C7=O)C5)c4)nc3c2)CC1. The molecule has 286 valence electrons. The number of amides is 5.